The highest BCUT2D eigenvalue weighted by molar-refractivity contribution is 6.30. The quantitative estimate of drug-likeness (QED) is 0.170. The standard InChI is InChI=1S/C33H26ClFN4O5/c34-23-8-6-22(7-9-23)31(21-4-2-1-3-5-21)37-16-14-36(15-17-37)29-19-28-26(18-30(29)39(43)44)32(40)27(33(41)42)20-38(28)25-12-10-24(35)11-13-25/h1-13,18-20,31H,14-17H2,(H,41,42). The molecule has 44 heavy (non-hydrogen) atoms. The van der Waals surface area contributed by atoms with Crippen LogP contribution in [0.25, 0.3) is 16.6 Å². The van der Waals surface area contributed by atoms with Crippen LogP contribution in [0.4, 0.5) is 15.8 Å². The number of hydrogen-bond donors (Lipinski definition) is 1. The third-order valence-electron chi connectivity index (χ3n) is 7.95. The first-order valence-electron chi connectivity index (χ1n) is 13.9. The van der Waals surface area contributed by atoms with E-state index in [9.17, 15) is 29.2 Å². The van der Waals surface area contributed by atoms with E-state index in [1.165, 1.54) is 35.0 Å². The van der Waals surface area contributed by atoms with E-state index in [2.05, 4.69) is 17.0 Å². The molecule has 11 heteroatoms. The number of carboxylic acids is 1. The van der Waals surface area contributed by atoms with Crippen LogP contribution in [-0.4, -0.2) is 51.6 Å². The molecule has 4 aromatic carbocycles. The Labute approximate surface area is 256 Å². The molecule has 1 aliphatic heterocycles. The van der Waals surface area contributed by atoms with E-state index in [0.29, 0.717) is 42.6 Å². The maximum absolute atomic E-state index is 13.7. The molecule has 0 bridgehead atoms. The number of halogens is 2. The van der Waals surface area contributed by atoms with E-state index in [1.54, 1.807) is 6.07 Å². The van der Waals surface area contributed by atoms with Gasteiger partial charge in [-0.3, -0.25) is 19.8 Å². The van der Waals surface area contributed by atoms with E-state index in [-0.39, 0.29) is 22.6 Å². The number of carboxylic acid groups (broad SMARTS) is 1. The van der Waals surface area contributed by atoms with Gasteiger partial charge in [0.25, 0.3) is 5.69 Å². The molecule has 1 unspecified atom stereocenters. The Morgan fingerprint density at radius 3 is 2.16 bits per heavy atom. The monoisotopic (exact) mass is 612 g/mol. The molecule has 2 heterocycles. The van der Waals surface area contributed by atoms with Crippen LogP contribution in [-0.2, 0) is 0 Å². The van der Waals surface area contributed by atoms with Crippen LogP contribution in [0.2, 0.25) is 5.02 Å². The third kappa shape index (κ3) is 5.52. The van der Waals surface area contributed by atoms with E-state index in [4.69, 9.17) is 11.6 Å². The van der Waals surface area contributed by atoms with Crippen LogP contribution in [0.3, 0.4) is 0 Å². The van der Waals surface area contributed by atoms with E-state index in [1.807, 2.05) is 47.4 Å². The van der Waals surface area contributed by atoms with Gasteiger partial charge < -0.3 is 14.6 Å². The van der Waals surface area contributed by atoms with Gasteiger partial charge in [-0.05, 0) is 53.6 Å². The normalized spacial score (nSPS) is 14.5. The fourth-order valence-electron chi connectivity index (χ4n) is 5.83. The number of piperazine rings is 1. The van der Waals surface area contributed by atoms with Crippen molar-refractivity contribution < 1.29 is 19.2 Å². The lowest BCUT2D eigenvalue weighted by Gasteiger charge is -2.40. The van der Waals surface area contributed by atoms with Crippen molar-refractivity contribution in [3.05, 3.63) is 145 Å². The third-order valence-corrected chi connectivity index (χ3v) is 8.20. The number of aromatic carboxylic acids is 1. The summed E-state index contributed by atoms with van der Waals surface area (Å²) in [7, 11) is 0. The Hall–Kier alpha value is -5.06. The molecule has 6 rings (SSSR count). The molecule has 1 aromatic heterocycles. The van der Waals surface area contributed by atoms with E-state index in [0.717, 1.165) is 17.2 Å². The van der Waals surface area contributed by atoms with Gasteiger partial charge in [0.2, 0.25) is 5.43 Å². The van der Waals surface area contributed by atoms with Crippen molar-refractivity contribution in [1.82, 2.24) is 9.47 Å². The lowest BCUT2D eigenvalue weighted by Crippen LogP contribution is -2.48. The highest BCUT2D eigenvalue weighted by Crippen LogP contribution is 2.36. The minimum absolute atomic E-state index is 0.0553. The zero-order valence-corrected chi connectivity index (χ0v) is 24.0. The molecule has 1 saturated heterocycles. The first-order chi connectivity index (χ1) is 21.2. The number of fused-ring (bicyclic) bond motifs is 1. The van der Waals surface area contributed by atoms with Crippen molar-refractivity contribution in [2.75, 3.05) is 31.1 Å². The Balaban J connectivity index is 1.41. The second-order valence-electron chi connectivity index (χ2n) is 10.5. The van der Waals surface area contributed by atoms with Crippen molar-refractivity contribution in [3.63, 3.8) is 0 Å². The van der Waals surface area contributed by atoms with Gasteiger partial charge in [-0.1, -0.05) is 54.1 Å². The number of nitro benzene ring substituents is 1. The summed E-state index contributed by atoms with van der Waals surface area (Å²) in [6.07, 6.45) is 1.17. The molecule has 222 valence electrons. The van der Waals surface area contributed by atoms with Crippen LogP contribution in [0.5, 0.6) is 0 Å². The van der Waals surface area contributed by atoms with Crippen molar-refractivity contribution in [2.45, 2.75) is 6.04 Å². The first-order valence-corrected chi connectivity index (χ1v) is 14.3. The lowest BCUT2D eigenvalue weighted by molar-refractivity contribution is -0.384. The second-order valence-corrected chi connectivity index (χ2v) is 11.0. The van der Waals surface area contributed by atoms with Crippen LogP contribution in [0, 0.1) is 15.9 Å². The summed E-state index contributed by atoms with van der Waals surface area (Å²) in [5.74, 6) is -1.96. The van der Waals surface area contributed by atoms with Gasteiger partial charge in [-0.15, -0.1) is 0 Å². The maximum atomic E-state index is 13.7. The predicted octanol–water partition coefficient (Wildman–Crippen LogP) is 6.30. The molecule has 1 fully saturated rings. The highest BCUT2D eigenvalue weighted by Gasteiger charge is 2.30. The van der Waals surface area contributed by atoms with E-state index >= 15 is 0 Å². The van der Waals surface area contributed by atoms with Crippen molar-refractivity contribution in [1.29, 1.82) is 0 Å². The van der Waals surface area contributed by atoms with Crippen LogP contribution in [0.1, 0.15) is 27.5 Å². The SMILES string of the molecule is O=C(O)c1cn(-c2ccc(F)cc2)c2cc(N3CCN(C(c4ccccc4)c4ccc(Cl)cc4)CC3)c([N+](=O)[O-])cc2c1=O. The van der Waals surface area contributed by atoms with Gasteiger partial charge in [0.05, 0.1) is 21.9 Å². The highest BCUT2D eigenvalue weighted by atomic mass is 35.5. The Kier molecular flexibility index (Phi) is 7.86. The fourth-order valence-corrected chi connectivity index (χ4v) is 5.96. The van der Waals surface area contributed by atoms with E-state index < -0.39 is 27.7 Å². The molecular weight excluding hydrogens is 587 g/mol. The molecule has 1 atom stereocenters. The lowest BCUT2D eigenvalue weighted by atomic mass is 9.96. The first kappa shape index (κ1) is 29.0. The van der Waals surface area contributed by atoms with Gasteiger partial charge in [-0.25, -0.2) is 9.18 Å². The Morgan fingerprint density at radius 2 is 1.55 bits per heavy atom. The molecular formula is C33H26ClFN4O5. The molecule has 0 spiro atoms. The Morgan fingerprint density at radius 1 is 0.909 bits per heavy atom. The minimum atomic E-state index is -1.47. The van der Waals surface area contributed by atoms with Crippen molar-refractivity contribution in [2.24, 2.45) is 0 Å². The number of anilines is 1. The zero-order chi connectivity index (χ0) is 31.0. The summed E-state index contributed by atoms with van der Waals surface area (Å²) < 4.78 is 15.2. The minimum Gasteiger partial charge on any atom is -0.477 e. The van der Waals surface area contributed by atoms with Crippen LogP contribution in [0.15, 0.2) is 102 Å². The van der Waals surface area contributed by atoms with Crippen molar-refractivity contribution >= 4 is 39.8 Å². The fraction of sp³-hybridized carbons (Fsp3) is 0.152. The number of rotatable bonds is 7. The molecule has 0 amide bonds. The summed E-state index contributed by atoms with van der Waals surface area (Å²) in [6, 6.07) is 25.8. The molecule has 0 aliphatic carbocycles. The predicted molar refractivity (Wildman–Crippen MR) is 167 cm³/mol. The molecule has 0 saturated carbocycles. The number of nitro groups is 1. The number of pyridine rings is 1. The molecule has 1 N–H and O–H groups in total. The largest absolute Gasteiger partial charge is 0.477 e. The number of aromatic nitrogens is 1. The molecule has 0 radical (unpaired) electrons. The Bertz CT molecular complexity index is 1920. The van der Waals surface area contributed by atoms with Crippen LogP contribution < -0.4 is 10.3 Å². The smallest absolute Gasteiger partial charge is 0.341 e. The zero-order valence-electron chi connectivity index (χ0n) is 23.3. The van der Waals surface area contributed by atoms with Crippen LogP contribution >= 0.6 is 11.6 Å². The number of benzene rings is 4. The van der Waals surface area contributed by atoms with Gasteiger partial charge in [-0.2, -0.15) is 0 Å². The van der Waals surface area contributed by atoms with Gasteiger partial charge in [0.15, 0.2) is 0 Å². The average Bonchev–Trinajstić information content (AvgIpc) is 3.03. The summed E-state index contributed by atoms with van der Waals surface area (Å²) >= 11 is 6.17. The number of carbonyl (C=O) groups is 1. The van der Waals surface area contributed by atoms with Gasteiger partial charge in [0.1, 0.15) is 17.1 Å². The van der Waals surface area contributed by atoms with Crippen molar-refractivity contribution in [3.8, 4) is 5.69 Å². The molecule has 5 aromatic rings. The molecule has 1 aliphatic rings. The summed E-state index contributed by atoms with van der Waals surface area (Å²) in [4.78, 5) is 41.0. The second kappa shape index (κ2) is 11.9. The summed E-state index contributed by atoms with van der Waals surface area (Å²) in [5, 5.41) is 22.5. The topological polar surface area (TPSA) is 109 Å². The summed E-state index contributed by atoms with van der Waals surface area (Å²) in [5.41, 5.74) is 1.48. The average molecular weight is 613 g/mol. The number of nitrogens with zero attached hydrogens (tertiary/aromatic N) is 4. The van der Waals surface area contributed by atoms with Gasteiger partial charge in [0, 0.05) is 49.2 Å². The molecule has 9 nitrogen and oxygen atoms in total. The summed E-state index contributed by atoms with van der Waals surface area (Å²) in [6.45, 7) is 2.08. The maximum Gasteiger partial charge on any atom is 0.341 e. The van der Waals surface area contributed by atoms with Gasteiger partial charge >= 0.3 is 5.97 Å². The number of hydrogen-bond acceptors (Lipinski definition) is 6.